The molecule has 0 radical (unpaired) electrons. The van der Waals surface area contributed by atoms with Crippen LogP contribution < -0.4 is 5.73 Å². The third-order valence-electron chi connectivity index (χ3n) is 2.98. The predicted octanol–water partition coefficient (Wildman–Crippen LogP) is 2.89. The topological polar surface area (TPSA) is 43.3 Å². The molecule has 3 nitrogen and oxygen atoms in total. The molecule has 0 spiro atoms. The number of rotatable bonds is 1. The average Bonchev–Trinajstić information content (AvgIpc) is 2.70. The van der Waals surface area contributed by atoms with Crippen molar-refractivity contribution in [2.24, 2.45) is 0 Å². The second-order valence-electron chi connectivity index (χ2n) is 4.09. The van der Waals surface area contributed by atoms with Crippen molar-refractivity contribution >= 4 is 11.3 Å². The van der Waals surface area contributed by atoms with Crippen LogP contribution in [0.5, 0.6) is 0 Å². The number of fused-ring (bicyclic) bond motifs is 1. The molecule has 17 heavy (non-hydrogen) atoms. The molecule has 0 bridgehead atoms. The average molecular weight is 223 g/mol. The van der Waals surface area contributed by atoms with E-state index in [0.29, 0.717) is 5.82 Å². The fourth-order valence-electron chi connectivity index (χ4n) is 2.08. The zero-order valence-electron chi connectivity index (χ0n) is 9.59. The first kappa shape index (κ1) is 9.90. The number of benzene rings is 1. The summed E-state index contributed by atoms with van der Waals surface area (Å²) < 4.78 is 1.79. The number of anilines is 1. The lowest BCUT2D eigenvalue weighted by atomic mass is 10.1. The van der Waals surface area contributed by atoms with Crippen LogP contribution in [0.1, 0.15) is 5.56 Å². The molecule has 3 rings (SSSR count). The van der Waals surface area contributed by atoms with Crippen molar-refractivity contribution in [3.05, 3.63) is 54.1 Å². The molecule has 0 unspecified atom stereocenters. The number of nitrogens with zero attached hydrogens (tertiary/aromatic N) is 2. The van der Waals surface area contributed by atoms with E-state index in [9.17, 15) is 0 Å². The second-order valence-corrected chi connectivity index (χ2v) is 4.09. The highest BCUT2D eigenvalue weighted by molar-refractivity contribution is 5.73. The standard InChI is InChI=1S/C14H13N3/c1-10-12-8-5-9-13(15)17(12)16-14(10)11-6-3-2-4-7-11/h2-9H,15H2,1H3. The number of nitrogens with two attached hydrogens (primary N) is 1. The van der Waals surface area contributed by atoms with Gasteiger partial charge in [0.25, 0.3) is 0 Å². The van der Waals surface area contributed by atoms with Crippen molar-refractivity contribution in [3.8, 4) is 11.3 Å². The van der Waals surface area contributed by atoms with Crippen molar-refractivity contribution in [1.29, 1.82) is 0 Å². The Kier molecular flexibility index (Phi) is 2.11. The zero-order chi connectivity index (χ0) is 11.8. The predicted molar refractivity (Wildman–Crippen MR) is 69.8 cm³/mol. The number of nitrogen functional groups attached to an aromatic ring is 1. The van der Waals surface area contributed by atoms with Gasteiger partial charge in [0.1, 0.15) is 5.82 Å². The minimum absolute atomic E-state index is 0.660. The van der Waals surface area contributed by atoms with Crippen LogP contribution in [0.25, 0.3) is 16.8 Å². The van der Waals surface area contributed by atoms with E-state index in [4.69, 9.17) is 5.73 Å². The molecule has 0 amide bonds. The van der Waals surface area contributed by atoms with Gasteiger partial charge in [0, 0.05) is 11.1 Å². The van der Waals surface area contributed by atoms with E-state index in [1.54, 1.807) is 4.52 Å². The molecule has 3 heteroatoms. The summed E-state index contributed by atoms with van der Waals surface area (Å²) in [5, 5.41) is 4.57. The smallest absolute Gasteiger partial charge is 0.125 e. The lowest BCUT2D eigenvalue weighted by Crippen LogP contribution is -1.97. The van der Waals surface area contributed by atoms with E-state index in [-0.39, 0.29) is 0 Å². The maximum Gasteiger partial charge on any atom is 0.125 e. The molecule has 2 heterocycles. The zero-order valence-corrected chi connectivity index (χ0v) is 9.59. The fraction of sp³-hybridized carbons (Fsp3) is 0.0714. The summed E-state index contributed by atoms with van der Waals surface area (Å²) >= 11 is 0. The van der Waals surface area contributed by atoms with Crippen LogP contribution in [0.4, 0.5) is 5.82 Å². The molecule has 2 N–H and O–H groups in total. The highest BCUT2D eigenvalue weighted by atomic mass is 15.3. The van der Waals surface area contributed by atoms with Gasteiger partial charge in [-0.05, 0) is 19.1 Å². The molecular weight excluding hydrogens is 210 g/mol. The summed E-state index contributed by atoms with van der Waals surface area (Å²) in [6, 6.07) is 16.0. The fourth-order valence-corrected chi connectivity index (χ4v) is 2.08. The minimum Gasteiger partial charge on any atom is -0.384 e. The Bertz CT molecular complexity index is 669. The summed E-state index contributed by atoms with van der Waals surface area (Å²) in [6.45, 7) is 2.07. The molecule has 0 fully saturated rings. The Labute approximate surface area is 99.5 Å². The second kappa shape index (κ2) is 3.63. The van der Waals surface area contributed by atoms with Gasteiger partial charge in [-0.15, -0.1) is 0 Å². The van der Waals surface area contributed by atoms with Crippen molar-refractivity contribution in [3.63, 3.8) is 0 Å². The van der Waals surface area contributed by atoms with E-state index < -0.39 is 0 Å². The minimum atomic E-state index is 0.660. The van der Waals surface area contributed by atoms with E-state index in [1.165, 1.54) is 0 Å². The monoisotopic (exact) mass is 223 g/mol. The first-order chi connectivity index (χ1) is 8.27. The van der Waals surface area contributed by atoms with Crippen LogP contribution in [0.3, 0.4) is 0 Å². The van der Waals surface area contributed by atoms with Crippen molar-refractivity contribution in [2.45, 2.75) is 6.92 Å². The molecule has 2 aromatic heterocycles. The molecule has 0 aliphatic heterocycles. The quantitative estimate of drug-likeness (QED) is 0.689. The summed E-state index contributed by atoms with van der Waals surface area (Å²) in [4.78, 5) is 0. The highest BCUT2D eigenvalue weighted by Crippen LogP contribution is 2.26. The van der Waals surface area contributed by atoms with Gasteiger partial charge in [-0.3, -0.25) is 0 Å². The van der Waals surface area contributed by atoms with Crippen molar-refractivity contribution < 1.29 is 0 Å². The van der Waals surface area contributed by atoms with E-state index >= 15 is 0 Å². The van der Waals surface area contributed by atoms with Crippen LogP contribution in [-0.4, -0.2) is 9.61 Å². The Morgan fingerprint density at radius 2 is 1.76 bits per heavy atom. The SMILES string of the molecule is Cc1c(-c2ccccc2)nn2c(N)cccc12. The van der Waals surface area contributed by atoms with E-state index in [2.05, 4.69) is 24.2 Å². The molecular formula is C14H13N3. The number of hydrogen-bond donors (Lipinski definition) is 1. The van der Waals surface area contributed by atoms with Crippen molar-refractivity contribution in [2.75, 3.05) is 5.73 Å². The largest absolute Gasteiger partial charge is 0.384 e. The third-order valence-corrected chi connectivity index (χ3v) is 2.98. The van der Waals surface area contributed by atoms with Gasteiger partial charge in [-0.2, -0.15) is 5.10 Å². The van der Waals surface area contributed by atoms with E-state index in [1.807, 2.05) is 36.4 Å². The summed E-state index contributed by atoms with van der Waals surface area (Å²) in [5.74, 6) is 0.660. The Morgan fingerprint density at radius 1 is 1.00 bits per heavy atom. The summed E-state index contributed by atoms with van der Waals surface area (Å²) in [6.07, 6.45) is 0. The van der Waals surface area contributed by atoms with Gasteiger partial charge in [-0.25, -0.2) is 4.52 Å². The first-order valence-corrected chi connectivity index (χ1v) is 5.56. The van der Waals surface area contributed by atoms with Crippen LogP contribution in [0, 0.1) is 6.92 Å². The molecule has 84 valence electrons. The number of hydrogen-bond acceptors (Lipinski definition) is 2. The Morgan fingerprint density at radius 3 is 2.47 bits per heavy atom. The van der Waals surface area contributed by atoms with Gasteiger partial charge in [0.15, 0.2) is 0 Å². The first-order valence-electron chi connectivity index (χ1n) is 5.56. The molecule has 0 aliphatic rings. The maximum atomic E-state index is 5.92. The molecule has 0 saturated carbocycles. The Balaban J connectivity index is 2.32. The van der Waals surface area contributed by atoms with E-state index in [0.717, 1.165) is 22.3 Å². The summed E-state index contributed by atoms with van der Waals surface area (Å²) in [7, 11) is 0. The number of pyridine rings is 1. The van der Waals surface area contributed by atoms with Gasteiger partial charge in [-0.1, -0.05) is 36.4 Å². The Hall–Kier alpha value is -2.29. The van der Waals surface area contributed by atoms with Crippen LogP contribution in [0.15, 0.2) is 48.5 Å². The highest BCUT2D eigenvalue weighted by Gasteiger charge is 2.11. The van der Waals surface area contributed by atoms with Crippen molar-refractivity contribution in [1.82, 2.24) is 9.61 Å². The van der Waals surface area contributed by atoms with Crippen LogP contribution in [-0.2, 0) is 0 Å². The third kappa shape index (κ3) is 1.47. The van der Waals surface area contributed by atoms with Gasteiger partial charge in [0.05, 0.1) is 11.2 Å². The molecule has 0 atom stereocenters. The van der Waals surface area contributed by atoms with Crippen LogP contribution >= 0.6 is 0 Å². The van der Waals surface area contributed by atoms with Crippen LogP contribution in [0.2, 0.25) is 0 Å². The lowest BCUT2D eigenvalue weighted by molar-refractivity contribution is 0.978. The molecule has 1 aromatic carbocycles. The number of aromatic nitrogens is 2. The van der Waals surface area contributed by atoms with Gasteiger partial charge < -0.3 is 5.73 Å². The summed E-state index contributed by atoms with van der Waals surface area (Å²) in [5.41, 5.74) is 10.2. The normalized spacial score (nSPS) is 10.9. The molecule has 3 aromatic rings. The van der Waals surface area contributed by atoms with Gasteiger partial charge >= 0.3 is 0 Å². The van der Waals surface area contributed by atoms with Gasteiger partial charge in [0.2, 0.25) is 0 Å². The lowest BCUT2D eigenvalue weighted by Gasteiger charge is -1.96. The maximum absolute atomic E-state index is 5.92. The molecule has 0 saturated heterocycles. The number of aryl methyl sites for hydroxylation is 1. The molecule has 0 aliphatic carbocycles.